The molecule has 88 valence electrons. The van der Waals surface area contributed by atoms with Crippen molar-refractivity contribution >= 4 is 23.2 Å². The summed E-state index contributed by atoms with van der Waals surface area (Å²) in [6, 6.07) is 5.77. The SMILES string of the molecule is CC(=O)/C(SC#N)=C(/C)Nc1ccc(F)cc1. The summed E-state index contributed by atoms with van der Waals surface area (Å²) in [5.41, 5.74) is 1.25. The molecule has 0 spiro atoms. The van der Waals surface area contributed by atoms with Crippen LogP contribution < -0.4 is 5.32 Å². The van der Waals surface area contributed by atoms with E-state index in [0.717, 1.165) is 11.8 Å². The summed E-state index contributed by atoms with van der Waals surface area (Å²) in [5.74, 6) is -0.501. The number of thiocyanates is 1. The Morgan fingerprint density at radius 3 is 2.41 bits per heavy atom. The van der Waals surface area contributed by atoms with Crippen LogP contribution in [0.2, 0.25) is 0 Å². The highest BCUT2D eigenvalue weighted by Gasteiger charge is 2.09. The van der Waals surface area contributed by atoms with Crippen LogP contribution in [0.25, 0.3) is 0 Å². The second-order valence-electron chi connectivity index (χ2n) is 3.34. The summed E-state index contributed by atoms with van der Waals surface area (Å²) in [4.78, 5) is 11.6. The highest BCUT2D eigenvalue weighted by atomic mass is 32.2. The number of anilines is 1. The van der Waals surface area contributed by atoms with Crippen LogP contribution in [0.4, 0.5) is 10.1 Å². The van der Waals surface area contributed by atoms with Crippen molar-refractivity contribution < 1.29 is 9.18 Å². The lowest BCUT2D eigenvalue weighted by Gasteiger charge is -2.09. The number of nitrogens with zero attached hydrogens (tertiary/aromatic N) is 1. The van der Waals surface area contributed by atoms with Gasteiger partial charge in [0.25, 0.3) is 0 Å². The summed E-state index contributed by atoms with van der Waals surface area (Å²) in [6.07, 6.45) is 0. The van der Waals surface area contributed by atoms with Gasteiger partial charge >= 0.3 is 0 Å². The normalized spacial score (nSPS) is 11.4. The van der Waals surface area contributed by atoms with Crippen molar-refractivity contribution in [2.75, 3.05) is 5.32 Å². The standard InChI is InChI=1S/C12H11FN2OS/c1-8(12(9(2)16)17-7-14)15-11-5-3-10(13)4-6-11/h3-6,15H,1-2H3/b12-8+. The van der Waals surface area contributed by atoms with Crippen molar-refractivity contribution in [3.63, 3.8) is 0 Å². The first-order chi connectivity index (χ1) is 8.04. The number of rotatable bonds is 4. The van der Waals surface area contributed by atoms with E-state index in [9.17, 15) is 9.18 Å². The monoisotopic (exact) mass is 250 g/mol. The maximum atomic E-state index is 12.7. The number of nitriles is 1. The highest BCUT2D eigenvalue weighted by molar-refractivity contribution is 8.08. The van der Waals surface area contributed by atoms with E-state index in [0.29, 0.717) is 16.3 Å². The molecule has 0 heterocycles. The van der Waals surface area contributed by atoms with E-state index < -0.39 is 0 Å². The molecular weight excluding hydrogens is 239 g/mol. The molecule has 0 amide bonds. The van der Waals surface area contributed by atoms with Crippen LogP contribution >= 0.6 is 11.8 Å². The average molecular weight is 250 g/mol. The molecule has 0 unspecified atom stereocenters. The third-order valence-corrected chi connectivity index (χ3v) is 2.87. The van der Waals surface area contributed by atoms with Crippen LogP contribution in [-0.2, 0) is 4.79 Å². The molecule has 0 radical (unpaired) electrons. The minimum absolute atomic E-state index is 0.177. The molecule has 3 nitrogen and oxygen atoms in total. The van der Waals surface area contributed by atoms with Gasteiger partial charge in [0, 0.05) is 11.4 Å². The largest absolute Gasteiger partial charge is 0.358 e. The van der Waals surface area contributed by atoms with Gasteiger partial charge in [-0.15, -0.1) is 0 Å². The topological polar surface area (TPSA) is 52.9 Å². The first-order valence-corrected chi connectivity index (χ1v) is 5.66. The van der Waals surface area contributed by atoms with Crippen molar-refractivity contribution in [3.05, 3.63) is 40.7 Å². The zero-order valence-corrected chi connectivity index (χ0v) is 10.3. The van der Waals surface area contributed by atoms with Crippen molar-refractivity contribution in [1.29, 1.82) is 5.26 Å². The third kappa shape index (κ3) is 3.93. The molecule has 1 N–H and O–H groups in total. The quantitative estimate of drug-likeness (QED) is 0.658. The Morgan fingerprint density at radius 2 is 1.94 bits per heavy atom. The lowest BCUT2D eigenvalue weighted by molar-refractivity contribution is -0.113. The van der Waals surface area contributed by atoms with Crippen LogP contribution in [0.1, 0.15) is 13.8 Å². The molecule has 0 aliphatic carbocycles. The van der Waals surface area contributed by atoms with Crippen molar-refractivity contribution in [1.82, 2.24) is 0 Å². The fraction of sp³-hybridized carbons (Fsp3) is 0.167. The van der Waals surface area contributed by atoms with E-state index in [1.165, 1.54) is 19.1 Å². The summed E-state index contributed by atoms with van der Waals surface area (Å²) >= 11 is 0.814. The van der Waals surface area contributed by atoms with Gasteiger partial charge in [0.1, 0.15) is 11.2 Å². The second-order valence-corrected chi connectivity index (χ2v) is 4.13. The van der Waals surface area contributed by atoms with E-state index >= 15 is 0 Å². The van der Waals surface area contributed by atoms with Crippen LogP contribution in [0.5, 0.6) is 0 Å². The summed E-state index contributed by atoms with van der Waals surface area (Å²) < 4.78 is 12.7. The zero-order chi connectivity index (χ0) is 12.8. The molecule has 0 aliphatic heterocycles. The minimum Gasteiger partial charge on any atom is -0.358 e. The highest BCUT2D eigenvalue weighted by Crippen LogP contribution is 2.21. The number of hydrogen-bond acceptors (Lipinski definition) is 4. The molecule has 0 saturated carbocycles. The maximum absolute atomic E-state index is 12.7. The lowest BCUT2D eigenvalue weighted by atomic mass is 10.3. The Balaban J connectivity index is 2.92. The predicted octanol–water partition coefficient (Wildman–Crippen LogP) is 3.27. The van der Waals surface area contributed by atoms with Crippen molar-refractivity contribution in [3.8, 4) is 5.40 Å². The molecule has 0 aliphatic rings. The van der Waals surface area contributed by atoms with Crippen LogP contribution in [-0.4, -0.2) is 5.78 Å². The minimum atomic E-state index is -0.324. The van der Waals surface area contributed by atoms with Crippen molar-refractivity contribution in [2.45, 2.75) is 13.8 Å². The summed E-state index contributed by atoms with van der Waals surface area (Å²) in [6.45, 7) is 3.10. The molecule has 0 fully saturated rings. The van der Waals surface area contributed by atoms with Crippen LogP contribution in [0.15, 0.2) is 34.9 Å². The molecule has 1 rings (SSSR count). The van der Waals surface area contributed by atoms with Crippen LogP contribution in [0, 0.1) is 16.5 Å². The Labute approximate surface area is 103 Å². The number of carbonyl (C=O) groups is 1. The van der Waals surface area contributed by atoms with Gasteiger partial charge in [0.2, 0.25) is 0 Å². The first-order valence-electron chi connectivity index (χ1n) is 4.85. The van der Waals surface area contributed by atoms with Gasteiger partial charge in [-0.3, -0.25) is 4.79 Å². The molecule has 1 aromatic carbocycles. The number of carbonyl (C=O) groups excluding carboxylic acids is 1. The van der Waals surface area contributed by atoms with Gasteiger partial charge in [0.05, 0.1) is 4.91 Å². The fourth-order valence-corrected chi connectivity index (χ4v) is 1.70. The van der Waals surface area contributed by atoms with Crippen LogP contribution in [0.3, 0.4) is 0 Å². The average Bonchev–Trinajstić information content (AvgIpc) is 2.28. The molecular formula is C12H11FN2OS. The molecule has 0 bridgehead atoms. The second kappa shape index (κ2) is 6.06. The summed E-state index contributed by atoms with van der Waals surface area (Å²) in [7, 11) is 0. The number of nitrogens with one attached hydrogen (secondary N) is 1. The molecule has 0 saturated heterocycles. The van der Waals surface area contributed by atoms with E-state index in [2.05, 4.69) is 5.32 Å². The number of Topliss-reactive ketones (excluding diaryl/α,β-unsaturated/α-hetero) is 1. The Bertz CT molecular complexity index is 488. The van der Waals surface area contributed by atoms with Gasteiger partial charge in [0.15, 0.2) is 5.78 Å². The van der Waals surface area contributed by atoms with Gasteiger partial charge in [-0.1, -0.05) is 0 Å². The molecule has 1 aromatic rings. The van der Waals surface area contributed by atoms with Gasteiger partial charge in [-0.05, 0) is 49.9 Å². The van der Waals surface area contributed by atoms with E-state index in [1.54, 1.807) is 19.1 Å². The van der Waals surface area contributed by atoms with Gasteiger partial charge in [-0.2, -0.15) is 5.26 Å². The smallest absolute Gasteiger partial charge is 0.168 e. The molecule has 0 aromatic heterocycles. The Kier molecular flexibility index (Phi) is 4.73. The van der Waals surface area contributed by atoms with E-state index in [1.807, 2.05) is 5.40 Å². The van der Waals surface area contributed by atoms with Crippen molar-refractivity contribution in [2.24, 2.45) is 0 Å². The summed E-state index contributed by atoms with van der Waals surface area (Å²) in [5, 5.41) is 13.4. The lowest BCUT2D eigenvalue weighted by Crippen LogP contribution is -2.03. The first kappa shape index (κ1) is 13.3. The predicted molar refractivity (Wildman–Crippen MR) is 66.6 cm³/mol. The Morgan fingerprint density at radius 1 is 1.35 bits per heavy atom. The number of benzene rings is 1. The van der Waals surface area contributed by atoms with Gasteiger partial charge < -0.3 is 5.32 Å². The number of halogens is 1. The maximum Gasteiger partial charge on any atom is 0.168 e. The number of hydrogen-bond donors (Lipinski definition) is 1. The number of ketones is 1. The molecule has 0 atom stereocenters. The zero-order valence-electron chi connectivity index (χ0n) is 9.45. The number of thioether (sulfide) groups is 1. The number of allylic oxidation sites excluding steroid dienone is 2. The Hall–Kier alpha value is -1.80. The fourth-order valence-electron chi connectivity index (χ4n) is 1.26. The van der Waals surface area contributed by atoms with Gasteiger partial charge in [-0.25, -0.2) is 4.39 Å². The van der Waals surface area contributed by atoms with E-state index in [-0.39, 0.29) is 11.6 Å². The molecule has 17 heavy (non-hydrogen) atoms. The molecule has 5 heteroatoms. The van der Waals surface area contributed by atoms with E-state index in [4.69, 9.17) is 5.26 Å². The third-order valence-electron chi connectivity index (χ3n) is 1.98.